The fraction of sp³-hybridized carbons (Fsp3) is 0.579. The van der Waals surface area contributed by atoms with Gasteiger partial charge in [0, 0.05) is 31.8 Å². The third-order valence-corrected chi connectivity index (χ3v) is 6.91. The van der Waals surface area contributed by atoms with E-state index in [9.17, 15) is 9.42 Å². The van der Waals surface area contributed by atoms with Crippen LogP contribution in [0.15, 0.2) is 35.8 Å². The minimum absolute atomic E-state index is 0.0206. The molecule has 0 aliphatic carbocycles. The van der Waals surface area contributed by atoms with Crippen LogP contribution in [0.4, 0.5) is 0 Å². The van der Waals surface area contributed by atoms with E-state index in [0.717, 1.165) is 36.5 Å². The van der Waals surface area contributed by atoms with E-state index in [1.165, 1.54) is 0 Å². The van der Waals surface area contributed by atoms with Crippen molar-refractivity contribution in [2.45, 2.75) is 38.8 Å². The summed E-state index contributed by atoms with van der Waals surface area (Å²) in [6.45, 7) is 3.49. The second-order valence-electron chi connectivity index (χ2n) is 7.13. The first-order valence-corrected chi connectivity index (χ1v) is 11.3. The van der Waals surface area contributed by atoms with Crippen LogP contribution in [-0.2, 0) is 11.2 Å². The maximum absolute atomic E-state index is 12.9. The first-order valence-electron chi connectivity index (χ1n) is 9.87. The summed E-state index contributed by atoms with van der Waals surface area (Å²) in [5.74, 6) is 2.09. The summed E-state index contributed by atoms with van der Waals surface area (Å²) in [5.41, 5.74) is 0.756. The van der Waals surface area contributed by atoms with E-state index >= 15 is 0 Å². The summed E-state index contributed by atoms with van der Waals surface area (Å²) >= 11 is 5.07. The lowest BCUT2D eigenvalue weighted by Gasteiger charge is -2.35. The van der Waals surface area contributed by atoms with Gasteiger partial charge in [-0.3, -0.25) is 0 Å². The van der Waals surface area contributed by atoms with Crippen molar-refractivity contribution in [3.8, 4) is 11.5 Å². The van der Waals surface area contributed by atoms with Gasteiger partial charge in [0.15, 0.2) is 6.17 Å². The number of rotatable bonds is 9. The normalized spacial score (nSPS) is 24.8. The zero-order valence-electron chi connectivity index (χ0n) is 17.1. The largest absolute Gasteiger partial charge is 0.626 e. The highest BCUT2D eigenvalue weighted by Crippen LogP contribution is 2.29. The number of hydroxylamine groups is 2. The molecule has 29 heavy (non-hydrogen) atoms. The standard InChI is InChI=1S/C19H29ClN4O4S/c1-4-7-18-23(20)17-14-21(2)29(26)22(19(17)24(18)25)12-5-6-13-28-16-10-8-15(27-3)9-11-16/h8-11,18,24H,4-7,12-14H2,1-3H3. The Hall–Kier alpha value is -1.52. The van der Waals surface area contributed by atoms with Crippen LogP contribution in [0.3, 0.4) is 0 Å². The quantitative estimate of drug-likeness (QED) is 0.357. The third-order valence-electron chi connectivity index (χ3n) is 5.06. The number of methoxy groups -OCH3 is 1. The molecular weight excluding hydrogens is 416 g/mol. The lowest BCUT2D eigenvalue weighted by atomic mass is 10.3. The Balaban J connectivity index is 1.56. The predicted molar refractivity (Wildman–Crippen MR) is 113 cm³/mol. The minimum atomic E-state index is -1.39. The highest BCUT2D eigenvalue weighted by Gasteiger charge is 2.46. The topological polar surface area (TPSA) is 72.8 Å². The van der Waals surface area contributed by atoms with Crippen molar-refractivity contribution >= 4 is 22.9 Å². The molecule has 2 heterocycles. The van der Waals surface area contributed by atoms with Gasteiger partial charge in [-0.25, -0.2) is 17.2 Å². The van der Waals surface area contributed by atoms with Crippen LogP contribution in [0.1, 0.15) is 32.6 Å². The molecule has 2 aliphatic heterocycles. The molecule has 1 N–H and O–H groups in total. The molecule has 3 unspecified atom stereocenters. The fourth-order valence-corrected chi connectivity index (χ4v) is 5.07. The van der Waals surface area contributed by atoms with Crippen LogP contribution in [0.25, 0.3) is 0 Å². The van der Waals surface area contributed by atoms with Gasteiger partial charge in [0.05, 0.1) is 20.3 Å². The molecular formula is C19H29ClN4O4S. The zero-order valence-corrected chi connectivity index (χ0v) is 18.7. The van der Waals surface area contributed by atoms with Crippen LogP contribution in [0, 0.1) is 5.21 Å². The Labute approximate surface area is 180 Å². The first-order chi connectivity index (χ1) is 14.0. The summed E-state index contributed by atoms with van der Waals surface area (Å²) in [6, 6.07) is 7.44. The average molecular weight is 445 g/mol. The second-order valence-corrected chi connectivity index (χ2v) is 9.01. The monoisotopic (exact) mass is 444 g/mol. The van der Waals surface area contributed by atoms with Gasteiger partial charge in [-0.15, -0.1) is 0 Å². The van der Waals surface area contributed by atoms with E-state index in [1.807, 2.05) is 31.2 Å². The van der Waals surface area contributed by atoms with Gasteiger partial charge in [-0.05, 0) is 43.5 Å². The van der Waals surface area contributed by atoms with Crippen LogP contribution >= 0.6 is 11.8 Å². The number of benzene rings is 1. The van der Waals surface area contributed by atoms with Gasteiger partial charge in [0.25, 0.3) is 0 Å². The van der Waals surface area contributed by atoms with Crippen LogP contribution < -0.4 is 14.5 Å². The van der Waals surface area contributed by atoms with E-state index in [-0.39, 0.29) is 11.2 Å². The molecule has 3 rings (SSSR count). The molecule has 3 atom stereocenters. The van der Waals surface area contributed by atoms with Crippen molar-refractivity contribution in [3.63, 3.8) is 0 Å². The maximum atomic E-state index is 12.9. The first kappa shape index (κ1) is 22.2. The molecule has 1 aromatic carbocycles. The molecule has 8 nitrogen and oxygen atoms in total. The van der Waals surface area contributed by atoms with Crippen molar-refractivity contribution in [2.24, 2.45) is 0 Å². The summed E-state index contributed by atoms with van der Waals surface area (Å²) in [4.78, 5) is 0. The molecule has 1 aromatic rings. The summed E-state index contributed by atoms with van der Waals surface area (Å²) in [7, 11) is 3.41. The molecule has 0 aromatic heterocycles. The number of ether oxygens (including phenoxy) is 2. The Kier molecular flexibility index (Phi) is 7.64. The Morgan fingerprint density at radius 1 is 1.28 bits per heavy atom. The van der Waals surface area contributed by atoms with Crippen molar-refractivity contribution < 1.29 is 18.7 Å². The highest BCUT2D eigenvalue weighted by atomic mass is 35.5. The molecule has 0 radical (unpaired) electrons. The molecule has 2 aliphatic rings. The zero-order chi connectivity index (χ0) is 21.0. The molecule has 0 bridgehead atoms. The van der Waals surface area contributed by atoms with Crippen LogP contribution in [0.2, 0.25) is 0 Å². The number of likely N-dealkylation sites (N-methyl/N-ethyl adjacent to an activating group) is 1. The lowest BCUT2D eigenvalue weighted by molar-refractivity contribution is -0.844. The van der Waals surface area contributed by atoms with E-state index in [4.69, 9.17) is 21.3 Å². The lowest BCUT2D eigenvalue weighted by Crippen LogP contribution is -3.10. The van der Waals surface area contributed by atoms with Crippen LogP contribution in [-0.4, -0.2) is 57.3 Å². The maximum Gasteiger partial charge on any atom is 0.239 e. The smallest absolute Gasteiger partial charge is 0.239 e. The summed E-state index contributed by atoms with van der Waals surface area (Å²) in [5, 5.41) is 12.9. The molecule has 0 spiro atoms. The number of hydrogen-bond acceptors (Lipinski definition) is 5. The SMILES string of the molecule is CCCC1N(Cl)C2=C(N(CCCCOc3ccc(OC)cc3)S(=O)N(C)C2)[NH+]1[O-]. The molecule has 10 heteroatoms. The molecule has 0 saturated carbocycles. The van der Waals surface area contributed by atoms with Gasteiger partial charge in [0.1, 0.15) is 17.2 Å². The van der Waals surface area contributed by atoms with E-state index < -0.39 is 11.2 Å². The van der Waals surface area contributed by atoms with Crippen LogP contribution in [0.5, 0.6) is 11.5 Å². The van der Waals surface area contributed by atoms with Crippen molar-refractivity contribution in [3.05, 3.63) is 41.0 Å². The van der Waals surface area contributed by atoms with Gasteiger partial charge in [-0.1, -0.05) is 6.92 Å². The Morgan fingerprint density at radius 3 is 2.62 bits per heavy atom. The number of unbranched alkanes of at least 4 members (excludes halogenated alkanes) is 1. The molecule has 0 saturated heterocycles. The fourth-order valence-electron chi connectivity index (χ4n) is 3.54. The molecule has 162 valence electrons. The summed E-state index contributed by atoms with van der Waals surface area (Å²) < 4.78 is 28.6. The van der Waals surface area contributed by atoms with Crippen molar-refractivity contribution in [2.75, 3.05) is 33.9 Å². The minimum Gasteiger partial charge on any atom is -0.626 e. The molecule has 0 amide bonds. The van der Waals surface area contributed by atoms with Gasteiger partial charge in [-0.2, -0.15) is 0 Å². The third kappa shape index (κ3) is 4.80. The van der Waals surface area contributed by atoms with E-state index in [1.54, 1.807) is 27.2 Å². The van der Waals surface area contributed by atoms with Crippen molar-refractivity contribution in [1.29, 1.82) is 0 Å². The van der Waals surface area contributed by atoms with Gasteiger partial charge >= 0.3 is 0 Å². The van der Waals surface area contributed by atoms with Crippen molar-refractivity contribution in [1.82, 2.24) is 13.0 Å². The highest BCUT2D eigenvalue weighted by molar-refractivity contribution is 7.80. The van der Waals surface area contributed by atoms with E-state index in [0.29, 0.717) is 31.9 Å². The number of hydrogen-bond donors (Lipinski definition) is 1. The average Bonchev–Trinajstić information content (AvgIpc) is 2.95. The van der Waals surface area contributed by atoms with E-state index in [2.05, 4.69) is 0 Å². The number of quaternary nitrogens is 1. The molecule has 0 fully saturated rings. The number of halogens is 1. The second kappa shape index (κ2) is 9.99. The number of nitrogens with zero attached hydrogens (tertiary/aromatic N) is 3. The Morgan fingerprint density at radius 2 is 1.97 bits per heavy atom. The predicted octanol–water partition coefficient (Wildman–Crippen LogP) is 1.83. The number of nitrogens with one attached hydrogen (secondary N) is 1. The Bertz CT molecular complexity index is 748. The van der Waals surface area contributed by atoms with Gasteiger partial charge < -0.3 is 19.7 Å². The summed E-state index contributed by atoms with van der Waals surface area (Å²) in [6.07, 6.45) is 2.72. The van der Waals surface area contributed by atoms with Gasteiger partial charge in [0.2, 0.25) is 17.0 Å².